The maximum atomic E-state index is 10.4. The summed E-state index contributed by atoms with van der Waals surface area (Å²) in [6, 6.07) is 0.206. The Morgan fingerprint density at radius 3 is 2.90 bits per heavy atom. The number of hydrogen-bond acceptors (Lipinski definition) is 2. The summed E-state index contributed by atoms with van der Waals surface area (Å²) >= 11 is 0. The normalized spacial score (nSPS) is 28.3. The lowest BCUT2D eigenvalue weighted by Gasteiger charge is -2.13. The number of carboxylic acids is 1. The van der Waals surface area contributed by atoms with Crippen LogP contribution in [0.3, 0.4) is 0 Å². The van der Waals surface area contributed by atoms with E-state index < -0.39 is 5.97 Å². The molecule has 1 fully saturated rings. The van der Waals surface area contributed by atoms with Gasteiger partial charge < -0.3 is 10.4 Å². The van der Waals surface area contributed by atoms with Crippen molar-refractivity contribution in [2.24, 2.45) is 5.92 Å². The van der Waals surface area contributed by atoms with E-state index in [0.717, 1.165) is 19.4 Å². The van der Waals surface area contributed by atoms with Crippen molar-refractivity contribution in [1.29, 1.82) is 0 Å². The van der Waals surface area contributed by atoms with Gasteiger partial charge in [-0.1, -0.05) is 6.92 Å². The summed E-state index contributed by atoms with van der Waals surface area (Å²) in [6.45, 7) is 2.73. The number of aliphatic carboxylic acids is 1. The summed E-state index contributed by atoms with van der Waals surface area (Å²) in [5.41, 5.74) is 0. The molecule has 0 spiro atoms. The fourth-order valence-corrected chi connectivity index (χ4v) is 1.31. The van der Waals surface area contributed by atoms with E-state index in [1.54, 1.807) is 6.92 Å². The highest BCUT2D eigenvalue weighted by atomic mass is 16.4. The molecule has 0 saturated carbocycles. The maximum absolute atomic E-state index is 10.4. The van der Waals surface area contributed by atoms with Crippen LogP contribution in [0.5, 0.6) is 0 Å². The second-order valence-electron chi connectivity index (χ2n) is 2.83. The molecule has 1 aliphatic heterocycles. The lowest BCUT2D eigenvalue weighted by molar-refractivity contribution is -0.141. The van der Waals surface area contributed by atoms with Crippen molar-refractivity contribution in [3.8, 4) is 0 Å². The van der Waals surface area contributed by atoms with Crippen molar-refractivity contribution in [3.63, 3.8) is 0 Å². The Morgan fingerprint density at radius 2 is 2.50 bits per heavy atom. The first-order valence-corrected chi connectivity index (χ1v) is 3.68. The third kappa shape index (κ3) is 1.48. The number of nitrogens with one attached hydrogen (secondary N) is 1. The van der Waals surface area contributed by atoms with Crippen molar-refractivity contribution in [1.82, 2.24) is 5.32 Å². The second kappa shape index (κ2) is 3.01. The zero-order valence-corrected chi connectivity index (χ0v) is 6.13. The molecule has 1 heterocycles. The van der Waals surface area contributed by atoms with Gasteiger partial charge in [0.2, 0.25) is 0 Å². The Hall–Kier alpha value is -0.570. The van der Waals surface area contributed by atoms with E-state index in [0.29, 0.717) is 0 Å². The van der Waals surface area contributed by atoms with Crippen LogP contribution in [0.4, 0.5) is 0 Å². The Morgan fingerprint density at radius 1 is 1.80 bits per heavy atom. The molecule has 0 aliphatic carbocycles. The lowest BCUT2D eigenvalue weighted by atomic mass is 10.0. The molecule has 3 heteroatoms. The summed E-state index contributed by atoms with van der Waals surface area (Å²) in [6.07, 6.45) is 2.12. The predicted octanol–water partition coefficient (Wildman–Crippen LogP) is 0.459. The first-order chi connectivity index (χ1) is 4.72. The van der Waals surface area contributed by atoms with E-state index in [-0.39, 0.29) is 12.0 Å². The molecule has 0 aromatic rings. The molecule has 1 aliphatic rings. The number of carboxylic acid groups (broad SMARTS) is 1. The summed E-state index contributed by atoms with van der Waals surface area (Å²) in [5, 5.41) is 11.8. The minimum atomic E-state index is -0.695. The van der Waals surface area contributed by atoms with E-state index in [4.69, 9.17) is 5.11 Å². The molecule has 2 N–H and O–H groups in total. The smallest absolute Gasteiger partial charge is 0.307 e. The predicted molar refractivity (Wildman–Crippen MR) is 37.8 cm³/mol. The molecule has 1 saturated heterocycles. The molecule has 0 aromatic heterocycles. The van der Waals surface area contributed by atoms with E-state index in [2.05, 4.69) is 5.32 Å². The topological polar surface area (TPSA) is 49.3 Å². The van der Waals surface area contributed by atoms with Crippen LogP contribution in [0.1, 0.15) is 19.8 Å². The van der Waals surface area contributed by atoms with Crippen LogP contribution in [-0.4, -0.2) is 23.7 Å². The Balaban J connectivity index is 2.39. The molecule has 0 bridgehead atoms. The number of carbonyl (C=O) groups is 1. The molecular formula is C7H13NO2. The highest BCUT2D eigenvalue weighted by molar-refractivity contribution is 5.70. The highest BCUT2D eigenvalue weighted by Gasteiger charge is 2.25. The van der Waals surface area contributed by atoms with Gasteiger partial charge in [0.05, 0.1) is 5.92 Å². The summed E-state index contributed by atoms with van der Waals surface area (Å²) in [5.74, 6) is -0.929. The zero-order valence-electron chi connectivity index (χ0n) is 6.13. The largest absolute Gasteiger partial charge is 0.481 e. The third-order valence-corrected chi connectivity index (χ3v) is 2.09. The van der Waals surface area contributed by atoms with Gasteiger partial charge in [0.15, 0.2) is 0 Å². The van der Waals surface area contributed by atoms with Crippen LogP contribution in [-0.2, 0) is 4.79 Å². The second-order valence-corrected chi connectivity index (χ2v) is 2.83. The fraction of sp³-hybridized carbons (Fsp3) is 0.857. The van der Waals surface area contributed by atoms with Gasteiger partial charge in [-0.2, -0.15) is 0 Å². The summed E-state index contributed by atoms with van der Waals surface area (Å²) in [7, 11) is 0. The molecular weight excluding hydrogens is 130 g/mol. The molecule has 1 rings (SSSR count). The van der Waals surface area contributed by atoms with Gasteiger partial charge in [-0.15, -0.1) is 0 Å². The minimum Gasteiger partial charge on any atom is -0.481 e. The van der Waals surface area contributed by atoms with E-state index in [1.165, 1.54) is 0 Å². The first kappa shape index (κ1) is 7.54. The van der Waals surface area contributed by atoms with E-state index in [1.807, 2.05) is 0 Å². The molecule has 2 atom stereocenters. The maximum Gasteiger partial charge on any atom is 0.307 e. The quantitative estimate of drug-likeness (QED) is 0.590. The Bertz CT molecular complexity index is 130. The van der Waals surface area contributed by atoms with Gasteiger partial charge in [-0.25, -0.2) is 0 Å². The molecule has 10 heavy (non-hydrogen) atoms. The summed E-state index contributed by atoms with van der Waals surface area (Å²) < 4.78 is 0. The summed E-state index contributed by atoms with van der Waals surface area (Å²) in [4.78, 5) is 10.4. The van der Waals surface area contributed by atoms with Crippen LogP contribution >= 0.6 is 0 Å². The van der Waals surface area contributed by atoms with Crippen molar-refractivity contribution in [2.45, 2.75) is 25.8 Å². The number of rotatable bonds is 2. The van der Waals surface area contributed by atoms with Crippen molar-refractivity contribution >= 4 is 5.97 Å². The minimum absolute atomic E-state index is 0.206. The average molecular weight is 143 g/mol. The van der Waals surface area contributed by atoms with Gasteiger partial charge >= 0.3 is 5.97 Å². The third-order valence-electron chi connectivity index (χ3n) is 2.09. The van der Waals surface area contributed by atoms with Gasteiger partial charge in [-0.05, 0) is 19.4 Å². The standard InChI is InChI=1S/C7H13NO2/c1-5(7(9)10)6-3-2-4-8-6/h5-6,8H,2-4H2,1H3,(H,9,10)/t5-,6+/m0/s1. The van der Waals surface area contributed by atoms with Crippen LogP contribution in [0.25, 0.3) is 0 Å². The monoisotopic (exact) mass is 143 g/mol. The van der Waals surface area contributed by atoms with Crippen LogP contribution in [0.15, 0.2) is 0 Å². The van der Waals surface area contributed by atoms with Crippen molar-refractivity contribution in [2.75, 3.05) is 6.54 Å². The Labute approximate surface area is 60.4 Å². The molecule has 3 nitrogen and oxygen atoms in total. The first-order valence-electron chi connectivity index (χ1n) is 3.68. The average Bonchev–Trinajstić information content (AvgIpc) is 2.36. The Kier molecular flexibility index (Phi) is 2.27. The zero-order chi connectivity index (χ0) is 7.56. The number of hydrogen-bond donors (Lipinski definition) is 2. The molecule has 0 amide bonds. The molecule has 0 aromatic carbocycles. The van der Waals surface area contributed by atoms with Gasteiger partial charge in [-0.3, -0.25) is 4.79 Å². The van der Waals surface area contributed by atoms with Crippen LogP contribution < -0.4 is 5.32 Å². The fourth-order valence-electron chi connectivity index (χ4n) is 1.31. The van der Waals surface area contributed by atoms with Crippen LogP contribution in [0.2, 0.25) is 0 Å². The van der Waals surface area contributed by atoms with Gasteiger partial charge in [0.25, 0.3) is 0 Å². The molecule has 0 unspecified atom stereocenters. The SMILES string of the molecule is C[C@H](C(=O)O)[C@H]1CCCN1. The van der Waals surface area contributed by atoms with Crippen molar-refractivity contribution < 1.29 is 9.90 Å². The van der Waals surface area contributed by atoms with Crippen LogP contribution in [0, 0.1) is 5.92 Å². The van der Waals surface area contributed by atoms with Gasteiger partial charge in [0, 0.05) is 6.04 Å². The van der Waals surface area contributed by atoms with Crippen molar-refractivity contribution in [3.05, 3.63) is 0 Å². The van der Waals surface area contributed by atoms with E-state index >= 15 is 0 Å². The van der Waals surface area contributed by atoms with E-state index in [9.17, 15) is 4.79 Å². The molecule has 58 valence electrons. The highest BCUT2D eigenvalue weighted by Crippen LogP contribution is 2.13. The molecule has 0 radical (unpaired) electrons. The van der Waals surface area contributed by atoms with Gasteiger partial charge in [0.1, 0.15) is 0 Å². The lowest BCUT2D eigenvalue weighted by Crippen LogP contribution is -2.33.